The van der Waals surface area contributed by atoms with E-state index in [1.54, 1.807) is 60.7 Å². The highest BCUT2D eigenvalue weighted by atomic mass is 16.5. The minimum Gasteiger partial charge on any atom is -0.457 e. The minimum atomic E-state index is -0.989. The van der Waals surface area contributed by atoms with Crippen LogP contribution in [0.25, 0.3) is 0 Å². The van der Waals surface area contributed by atoms with E-state index >= 15 is 0 Å². The molecule has 0 aliphatic heterocycles. The van der Waals surface area contributed by atoms with Gasteiger partial charge in [-0.15, -0.1) is 4.99 Å². The van der Waals surface area contributed by atoms with E-state index in [2.05, 4.69) is 25.1 Å². The Morgan fingerprint density at radius 2 is 1.51 bits per heavy atom. The predicted octanol–water partition coefficient (Wildman–Crippen LogP) is 4.59. The van der Waals surface area contributed by atoms with Gasteiger partial charge in [-0.25, -0.2) is 14.4 Å². The molecule has 0 saturated heterocycles. The van der Waals surface area contributed by atoms with Crippen molar-refractivity contribution in [1.29, 1.82) is 0 Å². The van der Waals surface area contributed by atoms with Gasteiger partial charge in [0.1, 0.15) is 11.5 Å². The number of amides is 4. The average molecular weight is 477 g/mol. The number of alkyl carbamates (subject to hydrolysis) is 1. The van der Waals surface area contributed by atoms with Gasteiger partial charge in [-0.2, -0.15) is 0 Å². The number of aliphatic imine (C=N–C) groups is 1. The highest BCUT2D eigenvalue weighted by Gasteiger charge is 2.21. The summed E-state index contributed by atoms with van der Waals surface area (Å²) in [6.45, 7) is 0. The van der Waals surface area contributed by atoms with E-state index in [0.717, 1.165) is 14.2 Å². The number of nitrogens with two attached hydrogens (primary N) is 1. The maximum absolute atomic E-state index is 12.5. The fraction of sp³-hybridized carbons (Fsp3) is 0.0833. The fourth-order valence-corrected chi connectivity index (χ4v) is 2.96. The van der Waals surface area contributed by atoms with Gasteiger partial charge < -0.3 is 25.3 Å². The third-order valence-electron chi connectivity index (χ3n) is 4.46. The molecule has 0 aromatic heterocycles. The number of urea groups is 1. The molecule has 0 bridgehead atoms. The number of para-hydroxylation sites is 2. The molecule has 0 aliphatic carbocycles. The number of hydrogen-bond acceptors (Lipinski definition) is 6. The van der Waals surface area contributed by atoms with Crippen LogP contribution in [0.2, 0.25) is 0 Å². The standard InChI is InChI=1S/C24H23N5O6/c1-33-23(31)27-22(28-24(32)34-2)26-19-15-18(35-17-11-7-4-8-12-17)13-14-20(19)29(21(25)30)16-9-5-3-6-10-16/h3-15H,1-2H3,(H2,25,30)(H2,26,27,28,31,32). The molecule has 0 radical (unpaired) electrons. The molecule has 3 aromatic rings. The molecule has 0 heterocycles. The van der Waals surface area contributed by atoms with Crippen LogP contribution in [0.3, 0.4) is 0 Å². The van der Waals surface area contributed by atoms with Crippen molar-refractivity contribution in [2.75, 3.05) is 24.4 Å². The Bertz CT molecular complexity index is 1220. The lowest BCUT2D eigenvalue weighted by Gasteiger charge is -2.24. The molecule has 0 fully saturated rings. The van der Waals surface area contributed by atoms with E-state index in [-0.39, 0.29) is 17.3 Å². The van der Waals surface area contributed by atoms with Gasteiger partial charge in [0.05, 0.1) is 31.3 Å². The third kappa shape index (κ3) is 6.71. The number of carbonyl (C=O) groups is 3. The normalized spacial score (nSPS) is 10.6. The Kier molecular flexibility index (Phi) is 8.22. The van der Waals surface area contributed by atoms with Crippen molar-refractivity contribution in [3.8, 4) is 11.5 Å². The summed E-state index contributed by atoms with van der Waals surface area (Å²) in [6, 6.07) is 21.7. The molecule has 0 saturated carbocycles. The summed E-state index contributed by atoms with van der Waals surface area (Å²) in [5, 5.41) is 5.10. The van der Waals surface area contributed by atoms with Crippen molar-refractivity contribution in [2.24, 2.45) is 10.7 Å². The van der Waals surface area contributed by atoms with Gasteiger partial charge in [0, 0.05) is 6.07 Å². The van der Waals surface area contributed by atoms with Gasteiger partial charge in [-0.05, 0) is 36.4 Å². The fourth-order valence-electron chi connectivity index (χ4n) is 2.96. The quantitative estimate of drug-likeness (QED) is 0.360. The van der Waals surface area contributed by atoms with E-state index in [4.69, 9.17) is 10.5 Å². The summed E-state index contributed by atoms with van der Waals surface area (Å²) >= 11 is 0. The zero-order chi connectivity index (χ0) is 25.2. The zero-order valence-electron chi connectivity index (χ0n) is 18.9. The number of primary amides is 1. The van der Waals surface area contributed by atoms with E-state index in [0.29, 0.717) is 17.2 Å². The van der Waals surface area contributed by atoms with Gasteiger partial charge in [-0.1, -0.05) is 36.4 Å². The molecule has 3 aromatic carbocycles. The summed E-state index contributed by atoms with van der Waals surface area (Å²) < 4.78 is 15.0. The lowest BCUT2D eigenvalue weighted by molar-refractivity contribution is 0.176. The number of benzene rings is 3. The molecular weight excluding hydrogens is 454 g/mol. The second-order valence-electron chi connectivity index (χ2n) is 6.78. The molecule has 180 valence electrons. The molecule has 4 amide bonds. The first-order valence-electron chi connectivity index (χ1n) is 10.2. The summed E-state index contributed by atoms with van der Waals surface area (Å²) in [5.41, 5.74) is 6.69. The number of hydrogen-bond donors (Lipinski definition) is 3. The predicted molar refractivity (Wildman–Crippen MR) is 130 cm³/mol. The van der Waals surface area contributed by atoms with Gasteiger partial charge in [0.2, 0.25) is 5.96 Å². The number of rotatable bonds is 5. The van der Waals surface area contributed by atoms with Crippen LogP contribution < -0.4 is 26.0 Å². The Morgan fingerprint density at radius 3 is 2.11 bits per heavy atom. The van der Waals surface area contributed by atoms with Crippen molar-refractivity contribution < 1.29 is 28.6 Å². The number of guanidine groups is 1. The van der Waals surface area contributed by atoms with Crippen molar-refractivity contribution in [3.63, 3.8) is 0 Å². The van der Waals surface area contributed by atoms with Crippen molar-refractivity contribution in [2.45, 2.75) is 0 Å². The lowest BCUT2D eigenvalue weighted by atomic mass is 10.2. The van der Waals surface area contributed by atoms with Gasteiger partial charge in [-0.3, -0.25) is 10.2 Å². The summed E-state index contributed by atoms with van der Waals surface area (Å²) in [4.78, 5) is 41.0. The largest absolute Gasteiger partial charge is 0.457 e. The van der Waals surface area contributed by atoms with E-state index < -0.39 is 18.2 Å². The molecule has 4 N–H and O–H groups in total. The molecule has 11 nitrogen and oxygen atoms in total. The van der Waals surface area contributed by atoms with Crippen LogP contribution in [0.4, 0.5) is 31.4 Å². The van der Waals surface area contributed by atoms with Crippen LogP contribution in [0.5, 0.6) is 11.5 Å². The smallest absolute Gasteiger partial charge is 0.436 e. The molecule has 3 rings (SSSR count). The summed E-state index contributed by atoms with van der Waals surface area (Å²) in [6.07, 6.45) is -1.88. The Hall–Kier alpha value is -5.06. The minimum absolute atomic E-state index is 0.222. The number of anilines is 3. The van der Waals surface area contributed by atoms with Crippen LogP contribution in [0.1, 0.15) is 0 Å². The monoisotopic (exact) mass is 477 g/mol. The van der Waals surface area contributed by atoms with Crippen LogP contribution in [0, 0.1) is 0 Å². The molecule has 11 heteroatoms. The maximum atomic E-state index is 12.5. The summed E-state index contributed by atoms with van der Waals surface area (Å²) in [7, 11) is 2.28. The average Bonchev–Trinajstić information content (AvgIpc) is 2.86. The Balaban J connectivity index is 2.10. The van der Waals surface area contributed by atoms with Crippen molar-refractivity contribution in [3.05, 3.63) is 78.9 Å². The number of ether oxygens (including phenoxy) is 3. The number of carbonyl (C=O) groups excluding carboxylic acids is 3. The van der Waals surface area contributed by atoms with E-state index in [9.17, 15) is 14.4 Å². The highest BCUT2D eigenvalue weighted by Crippen LogP contribution is 2.36. The first kappa shape index (κ1) is 24.6. The number of nitrogens with one attached hydrogen (secondary N) is 2. The molecular formula is C24H23N5O6. The molecule has 0 atom stereocenters. The maximum Gasteiger partial charge on any atom is 0.436 e. The summed E-state index contributed by atoms with van der Waals surface area (Å²) in [5.74, 6) is 0.631. The first-order chi connectivity index (χ1) is 16.9. The molecule has 0 spiro atoms. The van der Waals surface area contributed by atoms with Crippen LogP contribution in [-0.4, -0.2) is 38.4 Å². The van der Waals surface area contributed by atoms with Crippen molar-refractivity contribution >= 4 is 41.2 Å². The van der Waals surface area contributed by atoms with Crippen LogP contribution in [-0.2, 0) is 9.47 Å². The zero-order valence-corrected chi connectivity index (χ0v) is 18.9. The lowest BCUT2D eigenvalue weighted by Crippen LogP contribution is -2.37. The number of methoxy groups -OCH3 is 2. The van der Waals surface area contributed by atoms with Crippen molar-refractivity contribution in [1.82, 2.24) is 5.32 Å². The van der Waals surface area contributed by atoms with Gasteiger partial charge in [0.25, 0.3) is 0 Å². The molecule has 0 aliphatic rings. The third-order valence-corrected chi connectivity index (χ3v) is 4.46. The van der Waals surface area contributed by atoms with E-state index in [1.807, 2.05) is 18.2 Å². The second-order valence-corrected chi connectivity index (χ2v) is 6.78. The Morgan fingerprint density at radius 1 is 0.857 bits per heavy atom. The van der Waals surface area contributed by atoms with Crippen LogP contribution >= 0.6 is 0 Å². The van der Waals surface area contributed by atoms with Gasteiger partial charge in [0.15, 0.2) is 0 Å². The topological polar surface area (TPSA) is 145 Å². The SMILES string of the molecule is COC(=O)N=C(NC(=O)OC)Nc1cc(Oc2ccccc2)ccc1N(C(N)=O)c1ccccc1. The van der Waals surface area contributed by atoms with Crippen LogP contribution in [0.15, 0.2) is 83.9 Å². The Labute approximate surface area is 201 Å². The molecule has 35 heavy (non-hydrogen) atoms. The first-order valence-corrected chi connectivity index (χ1v) is 10.2. The number of nitrogens with zero attached hydrogens (tertiary/aromatic N) is 2. The second kappa shape index (κ2) is 11.7. The van der Waals surface area contributed by atoms with E-state index in [1.165, 1.54) is 4.90 Å². The molecule has 0 unspecified atom stereocenters. The highest BCUT2D eigenvalue weighted by molar-refractivity contribution is 6.10. The van der Waals surface area contributed by atoms with Gasteiger partial charge >= 0.3 is 18.2 Å².